The van der Waals surface area contributed by atoms with E-state index in [-0.39, 0.29) is 11.3 Å². The molecule has 0 aliphatic carbocycles. The molecule has 1 atom stereocenters. The Balaban J connectivity index is 3.91. The number of nitrogens with one attached hydrogen (secondary N) is 1. The van der Waals surface area contributed by atoms with Gasteiger partial charge in [0.25, 0.3) is 0 Å². The van der Waals surface area contributed by atoms with Gasteiger partial charge in [-0.25, -0.2) is 0 Å². The van der Waals surface area contributed by atoms with Gasteiger partial charge in [-0.3, -0.25) is 4.79 Å². The lowest BCUT2D eigenvalue weighted by Gasteiger charge is -2.25. The van der Waals surface area contributed by atoms with Crippen molar-refractivity contribution in [1.82, 2.24) is 5.32 Å². The van der Waals surface area contributed by atoms with Gasteiger partial charge in [-0.1, -0.05) is 46.1 Å². The monoisotopic (exact) mass is 240 g/mol. The van der Waals surface area contributed by atoms with Crippen molar-refractivity contribution in [1.29, 1.82) is 0 Å². The number of carbonyl (C=O) groups is 1. The molecule has 0 aliphatic rings. The normalized spacial score (nSPS) is 13.2. The van der Waals surface area contributed by atoms with Crippen LogP contribution in [-0.2, 0) is 4.79 Å². The Kier molecular flexibility index (Phi) is 7.88. The molecule has 0 aromatic rings. The summed E-state index contributed by atoms with van der Waals surface area (Å²) < 4.78 is 0. The highest BCUT2D eigenvalue weighted by Gasteiger charge is 2.20. The van der Waals surface area contributed by atoms with Gasteiger partial charge < -0.3 is 11.1 Å². The van der Waals surface area contributed by atoms with Crippen LogP contribution < -0.4 is 11.1 Å². The number of rotatable bonds is 9. The second kappa shape index (κ2) is 8.29. The van der Waals surface area contributed by atoms with Crippen molar-refractivity contribution in [3.05, 3.63) is 12.7 Å². The fourth-order valence-corrected chi connectivity index (χ4v) is 1.69. The van der Waals surface area contributed by atoms with Gasteiger partial charge in [0.1, 0.15) is 0 Å². The summed E-state index contributed by atoms with van der Waals surface area (Å²) in [6, 6.07) is -0.459. The van der Waals surface area contributed by atoms with Crippen LogP contribution in [0.5, 0.6) is 0 Å². The number of nitrogens with two attached hydrogens (primary N) is 1. The molecule has 0 rings (SSSR count). The van der Waals surface area contributed by atoms with Gasteiger partial charge in [0.05, 0.1) is 6.04 Å². The number of hydrogen-bond acceptors (Lipinski definition) is 2. The summed E-state index contributed by atoms with van der Waals surface area (Å²) in [7, 11) is 0. The van der Waals surface area contributed by atoms with E-state index in [1.807, 2.05) is 0 Å². The maximum absolute atomic E-state index is 11.6. The lowest BCUT2D eigenvalue weighted by molar-refractivity contribution is -0.122. The highest BCUT2D eigenvalue weighted by Crippen LogP contribution is 2.22. The van der Waals surface area contributed by atoms with Crippen molar-refractivity contribution < 1.29 is 4.79 Å². The van der Waals surface area contributed by atoms with E-state index in [4.69, 9.17) is 5.73 Å². The Morgan fingerprint density at radius 1 is 1.47 bits per heavy atom. The summed E-state index contributed by atoms with van der Waals surface area (Å²) >= 11 is 0. The molecule has 0 saturated carbocycles. The van der Waals surface area contributed by atoms with Crippen LogP contribution in [0.1, 0.15) is 52.9 Å². The minimum absolute atomic E-state index is 0.0755. The zero-order valence-corrected chi connectivity index (χ0v) is 11.6. The first-order chi connectivity index (χ1) is 7.93. The van der Waals surface area contributed by atoms with Crippen molar-refractivity contribution >= 4 is 5.91 Å². The minimum Gasteiger partial charge on any atom is -0.354 e. The summed E-state index contributed by atoms with van der Waals surface area (Å²) in [5.74, 6) is -0.0755. The lowest BCUT2D eigenvalue weighted by Crippen LogP contribution is -2.43. The molecule has 0 bridgehead atoms. The standard InChI is InChI=1S/C14H28N2O/c1-5-7-8-10-14(3,4)11-16-13(17)12(15)9-6-2/h6,12H,2,5,7-11,15H2,1,3-4H3,(H,16,17). The highest BCUT2D eigenvalue weighted by molar-refractivity contribution is 5.81. The average molecular weight is 240 g/mol. The topological polar surface area (TPSA) is 55.1 Å². The van der Waals surface area contributed by atoms with E-state index in [9.17, 15) is 4.79 Å². The molecule has 0 radical (unpaired) electrons. The third kappa shape index (κ3) is 7.97. The van der Waals surface area contributed by atoms with Gasteiger partial charge >= 0.3 is 0 Å². The first kappa shape index (κ1) is 16.2. The molecule has 0 aromatic heterocycles. The van der Waals surface area contributed by atoms with Crippen LogP contribution in [0, 0.1) is 5.41 Å². The zero-order chi connectivity index (χ0) is 13.3. The van der Waals surface area contributed by atoms with Gasteiger partial charge in [-0.2, -0.15) is 0 Å². The Hall–Kier alpha value is -0.830. The van der Waals surface area contributed by atoms with E-state index in [1.54, 1.807) is 6.08 Å². The molecule has 1 unspecified atom stereocenters. The summed E-state index contributed by atoms with van der Waals surface area (Å²) in [5, 5.41) is 2.92. The first-order valence-electron chi connectivity index (χ1n) is 6.57. The molecule has 0 saturated heterocycles. The molecule has 3 nitrogen and oxygen atoms in total. The summed E-state index contributed by atoms with van der Waals surface area (Å²) in [6.45, 7) is 10.8. The predicted molar refractivity (Wildman–Crippen MR) is 73.7 cm³/mol. The maximum Gasteiger partial charge on any atom is 0.237 e. The first-order valence-corrected chi connectivity index (χ1v) is 6.57. The van der Waals surface area contributed by atoms with E-state index in [1.165, 1.54) is 19.3 Å². The molecule has 0 fully saturated rings. The van der Waals surface area contributed by atoms with Crippen molar-refractivity contribution in [3.63, 3.8) is 0 Å². The summed E-state index contributed by atoms with van der Waals surface area (Å²) in [6.07, 6.45) is 7.05. The molecule has 3 heteroatoms. The molecule has 1 amide bonds. The van der Waals surface area contributed by atoms with Crippen LogP contribution in [0.15, 0.2) is 12.7 Å². The summed E-state index contributed by atoms with van der Waals surface area (Å²) in [4.78, 5) is 11.6. The second-order valence-electron chi connectivity index (χ2n) is 5.47. The van der Waals surface area contributed by atoms with Crippen LogP contribution in [0.3, 0.4) is 0 Å². The molecule has 0 aromatic carbocycles. The van der Waals surface area contributed by atoms with Gasteiger partial charge in [0.2, 0.25) is 5.91 Å². The molecule has 0 aliphatic heterocycles. The molecule has 0 heterocycles. The fraction of sp³-hybridized carbons (Fsp3) is 0.786. The molecular weight excluding hydrogens is 212 g/mol. The number of unbranched alkanes of at least 4 members (excludes halogenated alkanes) is 2. The Labute approximate surface area is 106 Å². The number of hydrogen-bond donors (Lipinski definition) is 2. The Morgan fingerprint density at radius 2 is 2.12 bits per heavy atom. The number of amides is 1. The van der Waals surface area contributed by atoms with Crippen LogP contribution >= 0.6 is 0 Å². The molecular formula is C14H28N2O. The Morgan fingerprint density at radius 3 is 2.65 bits per heavy atom. The van der Waals surface area contributed by atoms with E-state index in [0.29, 0.717) is 13.0 Å². The van der Waals surface area contributed by atoms with Crippen molar-refractivity contribution in [3.8, 4) is 0 Å². The number of carbonyl (C=O) groups excluding carboxylic acids is 1. The van der Waals surface area contributed by atoms with E-state index in [0.717, 1.165) is 6.42 Å². The molecule has 17 heavy (non-hydrogen) atoms. The lowest BCUT2D eigenvalue weighted by atomic mass is 9.87. The fourth-order valence-electron chi connectivity index (χ4n) is 1.69. The third-order valence-corrected chi connectivity index (χ3v) is 2.96. The largest absolute Gasteiger partial charge is 0.354 e. The maximum atomic E-state index is 11.6. The second-order valence-corrected chi connectivity index (χ2v) is 5.47. The van der Waals surface area contributed by atoms with Crippen LogP contribution in [-0.4, -0.2) is 18.5 Å². The molecule has 3 N–H and O–H groups in total. The molecule has 100 valence electrons. The van der Waals surface area contributed by atoms with Crippen LogP contribution in [0.2, 0.25) is 0 Å². The quantitative estimate of drug-likeness (QED) is 0.481. The van der Waals surface area contributed by atoms with E-state index >= 15 is 0 Å². The smallest absolute Gasteiger partial charge is 0.237 e. The summed E-state index contributed by atoms with van der Waals surface area (Å²) in [5.41, 5.74) is 5.85. The van der Waals surface area contributed by atoms with Gasteiger partial charge in [0, 0.05) is 6.54 Å². The van der Waals surface area contributed by atoms with E-state index < -0.39 is 6.04 Å². The third-order valence-electron chi connectivity index (χ3n) is 2.96. The van der Waals surface area contributed by atoms with Crippen molar-refractivity contribution in [2.45, 2.75) is 58.9 Å². The average Bonchev–Trinajstić information content (AvgIpc) is 2.26. The van der Waals surface area contributed by atoms with Gasteiger partial charge in [0.15, 0.2) is 0 Å². The van der Waals surface area contributed by atoms with Gasteiger partial charge in [-0.15, -0.1) is 6.58 Å². The SMILES string of the molecule is C=CCC(N)C(=O)NCC(C)(C)CCCCC. The Bertz CT molecular complexity index is 236. The zero-order valence-electron chi connectivity index (χ0n) is 11.6. The minimum atomic E-state index is -0.459. The van der Waals surface area contributed by atoms with Crippen LogP contribution in [0.25, 0.3) is 0 Å². The highest BCUT2D eigenvalue weighted by atomic mass is 16.2. The van der Waals surface area contributed by atoms with E-state index in [2.05, 4.69) is 32.7 Å². The van der Waals surface area contributed by atoms with Gasteiger partial charge in [-0.05, 0) is 18.3 Å². The van der Waals surface area contributed by atoms with Crippen LogP contribution in [0.4, 0.5) is 0 Å². The molecule has 0 spiro atoms. The van der Waals surface area contributed by atoms with Crippen molar-refractivity contribution in [2.75, 3.05) is 6.54 Å². The van der Waals surface area contributed by atoms with Crippen molar-refractivity contribution in [2.24, 2.45) is 11.1 Å². The predicted octanol–water partition coefficient (Wildman–Crippen LogP) is 2.61.